The SMILES string of the molecule is COC(=O)c1sccc1S(=O)(=O)N(C)c1ccc(C)c(C)c1. The van der Waals surface area contributed by atoms with Gasteiger partial charge in [0.1, 0.15) is 9.77 Å². The summed E-state index contributed by atoms with van der Waals surface area (Å²) < 4.78 is 31.3. The second kappa shape index (κ2) is 6.10. The molecule has 118 valence electrons. The number of rotatable bonds is 4. The number of esters is 1. The van der Waals surface area contributed by atoms with E-state index in [4.69, 9.17) is 0 Å². The van der Waals surface area contributed by atoms with Gasteiger partial charge in [0.05, 0.1) is 12.8 Å². The number of hydrogen-bond acceptors (Lipinski definition) is 5. The van der Waals surface area contributed by atoms with Gasteiger partial charge in [-0.2, -0.15) is 0 Å². The van der Waals surface area contributed by atoms with Crippen molar-refractivity contribution in [1.29, 1.82) is 0 Å². The highest BCUT2D eigenvalue weighted by Crippen LogP contribution is 2.29. The summed E-state index contributed by atoms with van der Waals surface area (Å²) in [5, 5.41) is 1.56. The summed E-state index contributed by atoms with van der Waals surface area (Å²) >= 11 is 1.05. The maximum Gasteiger partial charge on any atom is 0.349 e. The van der Waals surface area contributed by atoms with Crippen LogP contribution in [0, 0.1) is 13.8 Å². The Labute approximate surface area is 134 Å². The zero-order valence-electron chi connectivity index (χ0n) is 12.8. The fourth-order valence-electron chi connectivity index (χ4n) is 1.95. The molecule has 0 aliphatic heterocycles. The lowest BCUT2D eigenvalue weighted by Gasteiger charge is -2.20. The predicted octanol–water partition coefficient (Wildman–Crippen LogP) is 2.98. The van der Waals surface area contributed by atoms with Crippen molar-refractivity contribution >= 4 is 33.0 Å². The molecule has 1 aromatic heterocycles. The Bertz CT molecular complexity index is 809. The molecule has 1 aromatic carbocycles. The van der Waals surface area contributed by atoms with Crippen LogP contribution in [0.5, 0.6) is 0 Å². The summed E-state index contributed by atoms with van der Waals surface area (Å²) in [6, 6.07) is 6.83. The Morgan fingerprint density at radius 3 is 2.45 bits per heavy atom. The van der Waals surface area contributed by atoms with Crippen LogP contribution >= 0.6 is 11.3 Å². The van der Waals surface area contributed by atoms with Crippen molar-refractivity contribution in [3.05, 3.63) is 45.6 Å². The van der Waals surface area contributed by atoms with Gasteiger partial charge >= 0.3 is 5.97 Å². The van der Waals surface area contributed by atoms with Crippen LogP contribution in [0.2, 0.25) is 0 Å². The van der Waals surface area contributed by atoms with Crippen LogP contribution in [0.1, 0.15) is 20.8 Å². The standard InChI is InChI=1S/C15H17NO4S2/c1-10-5-6-12(9-11(10)2)16(3)22(18,19)13-7-8-21-14(13)15(17)20-4/h5-9H,1-4H3. The molecule has 0 aliphatic carbocycles. The second-order valence-electron chi connectivity index (χ2n) is 4.85. The normalized spacial score (nSPS) is 11.3. The first-order valence-electron chi connectivity index (χ1n) is 6.51. The summed E-state index contributed by atoms with van der Waals surface area (Å²) in [7, 11) is -1.12. The van der Waals surface area contributed by atoms with Crippen molar-refractivity contribution in [2.45, 2.75) is 18.7 Å². The topological polar surface area (TPSA) is 63.7 Å². The fourth-order valence-corrected chi connectivity index (χ4v) is 4.44. The molecule has 22 heavy (non-hydrogen) atoms. The van der Waals surface area contributed by atoms with Gasteiger partial charge in [0, 0.05) is 7.05 Å². The number of anilines is 1. The van der Waals surface area contributed by atoms with Gasteiger partial charge in [0.2, 0.25) is 0 Å². The molecule has 0 amide bonds. The number of sulfonamides is 1. The van der Waals surface area contributed by atoms with E-state index in [-0.39, 0.29) is 9.77 Å². The molecule has 0 atom stereocenters. The molecule has 0 saturated carbocycles. The molecule has 0 radical (unpaired) electrons. The largest absolute Gasteiger partial charge is 0.465 e. The first-order valence-corrected chi connectivity index (χ1v) is 8.83. The first kappa shape index (κ1) is 16.5. The molecule has 0 aliphatic rings. The van der Waals surface area contributed by atoms with E-state index in [9.17, 15) is 13.2 Å². The summed E-state index contributed by atoms with van der Waals surface area (Å²) in [4.78, 5) is 11.7. The summed E-state index contributed by atoms with van der Waals surface area (Å²) in [5.41, 5.74) is 2.63. The van der Waals surface area contributed by atoms with E-state index in [0.29, 0.717) is 5.69 Å². The van der Waals surface area contributed by atoms with Crippen molar-refractivity contribution in [2.75, 3.05) is 18.5 Å². The lowest BCUT2D eigenvalue weighted by Crippen LogP contribution is -2.27. The third kappa shape index (κ3) is 2.86. The summed E-state index contributed by atoms with van der Waals surface area (Å²) in [6.07, 6.45) is 0. The smallest absolute Gasteiger partial charge is 0.349 e. The van der Waals surface area contributed by atoms with Crippen LogP contribution < -0.4 is 4.31 Å². The van der Waals surface area contributed by atoms with Gasteiger partial charge in [-0.1, -0.05) is 6.07 Å². The first-order chi connectivity index (χ1) is 10.3. The second-order valence-corrected chi connectivity index (χ2v) is 7.70. The van der Waals surface area contributed by atoms with Gasteiger partial charge in [0.25, 0.3) is 10.0 Å². The van der Waals surface area contributed by atoms with E-state index in [0.717, 1.165) is 22.5 Å². The lowest BCUT2D eigenvalue weighted by atomic mass is 10.1. The quantitative estimate of drug-likeness (QED) is 0.803. The number of carbonyl (C=O) groups excluding carboxylic acids is 1. The molecule has 1 heterocycles. The molecule has 7 heteroatoms. The molecule has 0 fully saturated rings. The Kier molecular flexibility index (Phi) is 4.58. The van der Waals surface area contributed by atoms with E-state index < -0.39 is 16.0 Å². The molecule has 0 bridgehead atoms. The third-order valence-electron chi connectivity index (χ3n) is 3.49. The van der Waals surface area contributed by atoms with Gasteiger partial charge in [-0.15, -0.1) is 11.3 Å². The van der Waals surface area contributed by atoms with Gasteiger partial charge in [-0.05, 0) is 48.6 Å². The highest BCUT2D eigenvalue weighted by Gasteiger charge is 2.28. The van der Waals surface area contributed by atoms with Crippen LogP contribution in [0.3, 0.4) is 0 Å². The van der Waals surface area contributed by atoms with Gasteiger partial charge in [-0.25, -0.2) is 13.2 Å². The minimum absolute atomic E-state index is 0.0370. The number of nitrogens with zero attached hydrogens (tertiary/aromatic N) is 1. The van der Waals surface area contributed by atoms with Crippen molar-refractivity contribution < 1.29 is 17.9 Å². The maximum absolute atomic E-state index is 12.8. The van der Waals surface area contributed by atoms with Gasteiger partial charge in [0.15, 0.2) is 0 Å². The Morgan fingerprint density at radius 1 is 1.18 bits per heavy atom. The zero-order valence-corrected chi connectivity index (χ0v) is 14.4. The summed E-state index contributed by atoms with van der Waals surface area (Å²) in [6.45, 7) is 3.88. The van der Waals surface area contributed by atoms with Crippen molar-refractivity contribution in [3.63, 3.8) is 0 Å². The Hall–Kier alpha value is -1.86. The number of methoxy groups -OCH3 is 1. The maximum atomic E-state index is 12.8. The minimum atomic E-state index is -3.82. The van der Waals surface area contributed by atoms with E-state index in [1.165, 1.54) is 24.5 Å². The predicted molar refractivity (Wildman–Crippen MR) is 87.2 cm³/mol. The fraction of sp³-hybridized carbons (Fsp3) is 0.267. The lowest BCUT2D eigenvalue weighted by molar-refractivity contribution is 0.0602. The van der Waals surface area contributed by atoms with Crippen molar-refractivity contribution in [3.8, 4) is 0 Å². The summed E-state index contributed by atoms with van der Waals surface area (Å²) in [5.74, 6) is -0.651. The third-order valence-corrected chi connectivity index (χ3v) is 6.34. The number of thiophene rings is 1. The highest BCUT2D eigenvalue weighted by atomic mass is 32.2. The van der Waals surface area contributed by atoms with E-state index in [1.54, 1.807) is 17.5 Å². The Morgan fingerprint density at radius 2 is 1.86 bits per heavy atom. The number of ether oxygens (including phenoxy) is 1. The number of carbonyl (C=O) groups is 1. The van der Waals surface area contributed by atoms with Crippen LogP contribution in [-0.2, 0) is 14.8 Å². The van der Waals surface area contributed by atoms with Gasteiger partial charge in [-0.3, -0.25) is 4.31 Å². The van der Waals surface area contributed by atoms with Crippen LogP contribution in [0.4, 0.5) is 5.69 Å². The van der Waals surface area contributed by atoms with Crippen LogP contribution in [0.25, 0.3) is 0 Å². The number of benzene rings is 1. The van der Waals surface area contributed by atoms with E-state index in [1.807, 2.05) is 19.9 Å². The average molecular weight is 339 g/mol. The molecule has 5 nitrogen and oxygen atoms in total. The van der Waals surface area contributed by atoms with Crippen molar-refractivity contribution in [1.82, 2.24) is 0 Å². The minimum Gasteiger partial charge on any atom is -0.465 e. The monoisotopic (exact) mass is 339 g/mol. The molecule has 0 spiro atoms. The molecular weight excluding hydrogens is 322 g/mol. The van der Waals surface area contributed by atoms with Crippen LogP contribution in [0.15, 0.2) is 34.5 Å². The number of aryl methyl sites for hydroxylation is 2. The van der Waals surface area contributed by atoms with Gasteiger partial charge < -0.3 is 4.74 Å². The van der Waals surface area contributed by atoms with E-state index >= 15 is 0 Å². The van der Waals surface area contributed by atoms with Crippen LogP contribution in [-0.4, -0.2) is 28.5 Å². The zero-order chi connectivity index (χ0) is 16.5. The number of hydrogen-bond donors (Lipinski definition) is 0. The van der Waals surface area contributed by atoms with Crippen molar-refractivity contribution in [2.24, 2.45) is 0 Å². The Balaban J connectivity index is 2.48. The molecule has 0 N–H and O–H groups in total. The highest BCUT2D eigenvalue weighted by molar-refractivity contribution is 7.93. The molecule has 0 unspecified atom stereocenters. The molecule has 2 aromatic rings. The van der Waals surface area contributed by atoms with E-state index in [2.05, 4.69) is 4.74 Å². The molecular formula is C15H17NO4S2. The average Bonchev–Trinajstić information content (AvgIpc) is 2.98. The molecule has 2 rings (SSSR count). The molecule has 0 saturated heterocycles.